The van der Waals surface area contributed by atoms with Gasteiger partial charge in [-0.25, -0.2) is 0 Å². The Balaban J connectivity index is 2.51. The van der Waals surface area contributed by atoms with Crippen LogP contribution in [0.4, 0.5) is 14.5 Å². The van der Waals surface area contributed by atoms with Crippen molar-refractivity contribution in [3.63, 3.8) is 0 Å². The first-order chi connectivity index (χ1) is 10.8. The van der Waals surface area contributed by atoms with Crippen LogP contribution in [-0.2, 0) is 9.59 Å². The van der Waals surface area contributed by atoms with Gasteiger partial charge in [0.05, 0.1) is 6.54 Å². The van der Waals surface area contributed by atoms with Crippen molar-refractivity contribution in [2.24, 2.45) is 5.92 Å². The maximum absolute atomic E-state index is 12.2. The van der Waals surface area contributed by atoms with Crippen LogP contribution < -0.4 is 10.6 Å². The predicted molar refractivity (Wildman–Crippen MR) is 85.8 cm³/mol. The van der Waals surface area contributed by atoms with Gasteiger partial charge in [-0.2, -0.15) is 8.78 Å². The number of carboxylic acid groups (broad SMARTS) is 1. The third-order valence-electron chi connectivity index (χ3n) is 3.32. The fourth-order valence-electron chi connectivity index (χ4n) is 1.90. The van der Waals surface area contributed by atoms with E-state index in [-0.39, 0.29) is 12.5 Å². The van der Waals surface area contributed by atoms with Crippen LogP contribution in [0.15, 0.2) is 29.2 Å². The molecule has 0 bridgehead atoms. The Morgan fingerprint density at radius 3 is 2.35 bits per heavy atom. The van der Waals surface area contributed by atoms with Gasteiger partial charge in [-0.05, 0) is 30.2 Å². The Labute approximate surface area is 137 Å². The van der Waals surface area contributed by atoms with Crippen LogP contribution in [0.3, 0.4) is 0 Å². The first-order valence-electron chi connectivity index (χ1n) is 7.14. The molecule has 0 aliphatic heterocycles. The summed E-state index contributed by atoms with van der Waals surface area (Å²) in [6.45, 7) is 3.53. The van der Waals surface area contributed by atoms with Gasteiger partial charge in [0.1, 0.15) is 6.04 Å². The van der Waals surface area contributed by atoms with Gasteiger partial charge >= 0.3 is 5.97 Å². The minimum Gasteiger partial charge on any atom is -0.480 e. The average molecular weight is 346 g/mol. The molecule has 2 atom stereocenters. The van der Waals surface area contributed by atoms with Crippen molar-refractivity contribution < 1.29 is 23.5 Å². The Hall–Kier alpha value is -1.67. The molecule has 0 aromatic heterocycles. The van der Waals surface area contributed by atoms with Crippen molar-refractivity contribution >= 4 is 29.3 Å². The number of anilines is 1. The zero-order valence-electron chi connectivity index (χ0n) is 12.9. The summed E-state index contributed by atoms with van der Waals surface area (Å²) in [6.07, 6.45) is 0.675. The minimum absolute atomic E-state index is 0.106. The summed E-state index contributed by atoms with van der Waals surface area (Å²) in [4.78, 5) is 23.4. The lowest BCUT2D eigenvalue weighted by Gasteiger charge is -2.19. The second-order valence-electron chi connectivity index (χ2n) is 5.03. The summed E-state index contributed by atoms with van der Waals surface area (Å²) in [5.74, 6) is -3.99. The molecule has 8 heteroatoms. The maximum Gasteiger partial charge on any atom is 0.320 e. The highest BCUT2D eigenvalue weighted by Crippen LogP contribution is 2.26. The van der Waals surface area contributed by atoms with E-state index in [0.29, 0.717) is 28.8 Å². The van der Waals surface area contributed by atoms with Gasteiger partial charge in [0.2, 0.25) is 5.91 Å². The van der Waals surface area contributed by atoms with E-state index in [2.05, 4.69) is 10.6 Å². The fraction of sp³-hybridized carbons (Fsp3) is 0.467. The molecule has 0 spiro atoms. The summed E-state index contributed by atoms with van der Waals surface area (Å²) in [7, 11) is 0. The normalized spacial score (nSPS) is 13.6. The number of aliphatic carboxylic acids is 1. The highest BCUT2D eigenvalue weighted by Gasteiger charge is 2.23. The van der Waals surface area contributed by atoms with E-state index in [1.54, 1.807) is 6.92 Å². The lowest BCUT2D eigenvalue weighted by molar-refractivity contribution is -0.140. The van der Waals surface area contributed by atoms with Crippen molar-refractivity contribution in [1.29, 1.82) is 0 Å². The number of rotatable bonds is 9. The largest absolute Gasteiger partial charge is 0.480 e. The quantitative estimate of drug-likeness (QED) is 0.599. The highest BCUT2D eigenvalue weighted by atomic mass is 32.2. The monoisotopic (exact) mass is 346 g/mol. The van der Waals surface area contributed by atoms with Crippen LogP contribution in [0.2, 0.25) is 0 Å². The number of carbonyl (C=O) groups is 2. The second-order valence-corrected chi connectivity index (χ2v) is 6.10. The summed E-state index contributed by atoms with van der Waals surface area (Å²) in [5, 5.41) is 14.4. The van der Waals surface area contributed by atoms with Crippen molar-refractivity contribution in [2.75, 3.05) is 11.9 Å². The molecule has 3 N–H and O–H groups in total. The standard InChI is InChI=1S/C15H20F2N2O3S/c1-3-9(2)13(14(21)22)18-8-12(20)19-10-4-6-11(7-5-10)23-15(16)17/h4-7,9,13,15,18H,3,8H2,1-2H3,(H,19,20)(H,21,22)/t9-,13-/m0/s1. The number of alkyl halides is 2. The van der Waals surface area contributed by atoms with E-state index >= 15 is 0 Å². The highest BCUT2D eigenvalue weighted by molar-refractivity contribution is 7.99. The van der Waals surface area contributed by atoms with Crippen molar-refractivity contribution in [3.05, 3.63) is 24.3 Å². The molecule has 0 aliphatic carbocycles. The zero-order chi connectivity index (χ0) is 17.4. The maximum atomic E-state index is 12.2. The number of benzene rings is 1. The van der Waals surface area contributed by atoms with E-state index in [1.807, 2.05) is 6.92 Å². The molecule has 128 valence electrons. The smallest absolute Gasteiger partial charge is 0.320 e. The van der Waals surface area contributed by atoms with Crippen LogP contribution >= 0.6 is 11.8 Å². The number of amides is 1. The topological polar surface area (TPSA) is 78.4 Å². The zero-order valence-corrected chi connectivity index (χ0v) is 13.7. The second kappa shape index (κ2) is 9.46. The Bertz CT molecular complexity index is 526. The van der Waals surface area contributed by atoms with Crippen LogP contribution in [-0.4, -0.2) is 35.3 Å². The van der Waals surface area contributed by atoms with Gasteiger partial charge in [0, 0.05) is 10.6 Å². The average Bonchev–Trinajstić information content (AvgIpc) is 2.48. The van der Waals surface area contributed by atoms with E-state index < -0.39 is 23.7 Å². The molecule has 1 aromatic carbocycles. The molecular weight excluding hydrogens is 326 g/mol. The van der Waals surface area contributed by atoms with Crippen molar-refractivity contribution in [2.45, 2.75) is 37.0 Å². The van der Waals surface area contributed by atoms with Gasteiger partial charge in [-0.3, -0.25) is 14.9 Å². The number of hydrogen-bond donors (Lipinski definition) is 3. The third kappa shape index (κ3) is 6.96. The van der Waals surface area contributed by atoms with E-state index in [9.17, 15) is 18.4 Å². The van der Waals surface area contributed by atoms with Crippen LogP contribution in [0.5, 0.6) is 0 Å². The molecule has 0 saturated heterocycles. The van der Waals surface area contributed by atoms with E-state index in [1.165, 1.54) is 24.3 Å². The number of carboxylic acids is 1. The fourth-order valence-corrected chi connectivity index (χ4v) is 2.39. The van der Waals surface area contributed by atoms with E-state index in [0.717, 1.165) is 0 Å². The molecule has 0 saturated carbocycles. The van der Waals surface area contributed by atoms with Gasteiger partial charge in [0.15, 0.2) is 0 Å². The number of nitrogens with one attached hydrogen (secondary N) is 2. The Morgan fingerprint density at radius 1 is 1.26 bits per heavy atom. The summed E-state index contributed by atoms with van der Waals surface area (Å²) in [6, 6.07) is 5.21. The predicted octanol–water partition coefficient (Wildman–Crippen LogP) is 3.03. The molecule has 0 aliphatic rings. The molecule has 0 unspecified atom stereocenters. The SMILES string of the molecule is CC[C@H](C)[C@H](NCC(=O)Nc1ccc(SC(F)F)cc1)C(=O)O. The summed E-state index contributed by atoms with van der Waals surface area (Å²) < 4.78 is 24.4. The van der Waals surface area contributed by atoms with Crippen LogP contribution in [0.25, 0.3) is 0 Å². The molecule has 5 nitrogen and oxygen atoms in total. The number of thioether (sulfide) groups is 1. The van der Waals surface area contributed by atoms with Gasteiger partial charge in [-0.1, -0.05) is 32.0 Å². The summed E-state index contributed by atoms with van der Waals surface area (Å²) >= 11 is 0.425. The number of carbonyl (C=O) groups excluding carboxylic acids is 1. The molecular formula is C15H20F2N2O3S. The van der Waals surface area contributed by atoms with E-state index in [4.69, 9.17) is 5.11 Å². The van der Waals surface area contributed by atoms with Gasteiger partial charge in [-0.15, -0.1) is 0 Å². The van der Waals surface area contributed by atoms with Crippen LogP contribution in [0.1, 0.15) is 20.3 Å². The number of halogens is 2. The Morgan fingerprint density at radius 2 is 1.87 bits per heavy atom. The molecule has 1 amide bonds. The van der Waals surface area contributed by atoms with Gasteiger partial charge < -0.3 is 10.4 Å². The number of hydrogen-bond acceptors (Lipinski definition) is 4. The lowest BCUT2D eigenvalue weighted by Crippen LogP contribution is -2.45. The Kier molecular flexibility index (Phi) is 7.97. The van der Waals surface area contributed by atoms with Gasteiger partial charge in [0.25, 0.3) is 5.76 Å². The third-order valence-corrected chi connectivity index (χ3v) is 4.05. The van der Waals surface area contributed by atoms with Crippen LogP contribution in [0, 0.1) is 5.92 Å². The summed E-state index contributed by atoms with van der Waals surface area (Å²) in [5.41, 5.74) is 0.464. The minimum atomic E-state index is -2.49. The van der Waals surface area contributed by atoms with Crippen molar-refractivity contribution in [3.8, 4) is 0 Å². The van der Waals surface area contributed by atoms with Crippen molar-refractivity contribution in [1.82, 2.24) is 5.32 Å². The molecule has 0 radical (unpaired) electrons. The molecule has 23 heavy (non-hydrogen) atoms. The molecule has 0 fully saturated rings. The molecule has 1 aromatic rings. The first kappa shape index (κ1) is 19.4. The molecule has 1 rings (SSSR count). The first-order valence-corrected chi connectivity index (χ1v) is 8.02. The lowest BCUT2D eigenvalue weighted by atomic mass is 9.99. The molecule has 0 heterocycles.